The second kappa shape index (κ2) is 7.65. The molecule has 7 heteroatoms. The van der Waals surface area contributed by atoms with Gasteiger partial charge in [-0.3, -0.25) is 4.98 Å². The summed E-state index contributed by atoms with van der Waals surface area (Å²) in [6, 6.07) is 15.5. The van der Waals surface area contributed by atoms with E-state index < -0.39 is 0 Å². The molecule has 0 aliphatic carbocycles. The van der Waals surface area contributed by atoms with E-state index in [9.17, 15) is 0 Å². The first-order valence-corrected chi connectivity index (χ1v) is 8.52. The summed E-state index contributed by atoms with van der Waals surface area (Å²) in [5.74, 6) is 2.01. The third-order valence-corrected chi connectivity index (χ3v) is 3.89. The molecule has 4 aromatic rings. The van der Waals surface area contributed by atoms with Crippen LogP contribution in [0, 0.1) is 6.92 Å². The maximum Gasteiger partial charge on any atom is 0.229 e. The van der Waals surface area contributed by atoms with E-state index in [0.717, 1.165) is 34.2 Å². The number of anilines is 3. The normalized spacial score (nSPS) is 10.6. The van der Waals surface area contributed by atoms with Crippen LogP contribution < -0.4 is 10.6 Å². The Balaban J connectivity index is 1.46. The standard InChI is InChI=1S/C20H18N6O/c1-14-10-19(23-11-17-4-2-3-9-22-17)26-20(24-14)25-16-7-5-15(6-8-16)18-12-21-13-27-18/h2-10,12-13H,11H2,1H3,(H2,23,24,25,26). The minimum atomic E-state index is 0.533. The number of hydrogen-bond donors (Lipinski definition) is 2. The number of rotatable bonds is 6. The summed E-state index contributed by atoms with van der Waals surface area (Å²) in [6.45, 7) is 2.54. The molecule has 0 amide bonds. The Hall–Kier alpha value is -3.74. The lowest BCUT2D eigenvalue weighted by molar-refractivity contribution is 0.572. The van der Waals surface area contributed by atoms with Crippen molar-refractivity contribution in [2.75, 3.05) is 10.6 Å². The largest absolute Gasteiger partial charge is 0.444 e. The molecular weight excluding hydrogens is 340 g/mol. The predicted octanol–water partition coefficient (Wildman–Crippen LogP) is 4.19. The molecule has 0 fully saturated rings. The first kappa shape index (κ1) is 16.7. The zero-order valence-electron chi connectivity index (χ0n) is 14.8. The predicted molar refractivity (Wildman–Crippen MR) is 104 cm³/mol. The number of hydrogen-bond acceptors (Lipinski definition) is 7. The third kappa shape index (κ3) is 4.27. The molecular formula is C20H18N6O. The topological polar surface area (TPSA) is 88.8 Å². The van der Waals surface area contributed by atoms with Crippen LogP contribution in [0.2, 0.25) is 0 Å². The fourth-order valence-electron chi connectivity index (χ4n) is 2.60. The maximum absolute atomic E-state index is 5.30. The molecule has 1 aromatic carbocycles. The number of nitrogens with one attached hydrogen (secondary N) is 2. The maximum atomic E-state index is 5.30. The number of benzene rings is 1. The summed E-state index contributed by atoms with van der Waals surface area (Å²) in [6.07, 6.45) is 4.88. The quantitative estimate of drug-likeness (QED) is 0.534. The van der Waals surface area contributed by atoms with Gasteiger partial charge in [0, 0.05) is 29.2 Å². The number of aryl methyl sites for hydroxylation is 1. The number of oxazole rings is 1. The highest BCUT2D eigenvalue weighted by molar-refractivity contribution is 5.63. The van der Waals surface area contributed by atoms with Gasteiger partial charge in [0.05, 0.1) is 18.4 Å². The minimum absolute atomic E-state index is 0.533. The molecule has 0 radical (unpaired) electrons. The summed E-state index contributed by atoms with van der Waals surface area (Å²) in [4.78, 5) is 17.2. The molecule has 0 atom stereocenters. The van der Waals surface area contributed by atoms with Crippen LogP contribution in [0.5, 0.6) is 0 Å². The van der Waals surface area contributed by atoms with Crippen molar-refractivity contribution in [3.8, 4) is 11.3 Å². The van der Waals surface area contributed by atoms with E-state index in [2.05, 4.69) is 30.6 Å². The molecule has 3 aromatic heterocycles. The van der Waals surface area contributed by atoms with E-state index in [4.69, 9.17) is 4.42 Å². The van der Waals surface area contributed by atoms with Gasteiger partial charge < -0.3 is 15.1 Å². The lowest BCUT2D eigenvalue weighted by atomic mass is 10.2. The minimum Gasteiger partial charge on any atom is -0.444 e. The molecule has 0 aliphatic rings. The molecule has 0 spiro atoms. The summed E-state index contributed by atoms with van der Waals surface area (Å²) in [5, 5.41) is 6.51. The van der Waals surface area contributed by atoms with Crippen LogP contribution in [-0.4, -0.2) is 19.9 Å². The molecule has 0 bridgehead atoms. The van der Waals surface area contributed by atoms with Gasteiger partial charge in [-0.25, -0.2) is 9.97 Å². The summed E-state index contributed by atoms with van der Waals surface area (Å²) in [5.41, 5.74) is 3.67. The SMILES string of the molecule is Cc1cc(NCc2ccccn2)nc(Nc2ccc(-c3cnco3)cc2)n1. The highest BCUT2D eigenvalue weighted by atomic mass is 16.3. The second-order valence-electron chi connectivity index (χ2n) is 5.96. The van der Waals surface area contributed by atoms with Gasteiger partial charge in [-0.1, -0.05) is 6.07 Å². The number of pyridine rings is 1. The first-order valence-electron chi connectivity index (χ1n) is 8.52. The smallest absolute Gasteiger partial charge is 0.229 e. The second-order valence-corrected chi connectivity index (χ2v) is 5.96. The van der Waals surface area contributed by atoms with Gasteiger partial charge in [0.25, 0.3) is 0 Å². The summed E-state index contributed by atoms with van der Waals surface area (Å²) >= 11 is 0. The fourth-order valence-corrected chi connectivity index (χ4v) is 2.60. The molecule has 134 valence electrons. The Morgan fingerprint density at radius 3 is 2.67 bits per heavy atom. The Labute approximate surface area is 156 Å². The molecule has 3 heterocycles. The molecule has 0 saturated heterocycles. The average Bonchev–Trinajstić information content (AvgIpc) is 3.22. The van der Waals surface area contributed by atoms with E-state index in [1.165, 1.54) is 6.39 Å². The summed E-state index contributed by atoms with van der Waals surface area (Å²) < 4.78 is 5.30. The van der Waals surface area contributed by atoms with Crippen molar-refractivity contribution < 1.29 is 4.42 Å². The van der Waals surface area contributed by atoms with Crippen molar-refractivity contribution in [1.29, 1.82) is 0 Å². The highest BCUT2D eigenvalue weighted by Crippen LogP contribution is 2.22. The van der Waals surface area contributed by atoms with Gasteiger partial charge in [0.15, 0.2) is 12.2 Å². The molecule has 0 saturated carbocycles. The van der Waals surface area contributed by atoms with E-state index >= 15 is 0 Å². The van der Waals surface area contributed by atoms with Crippen LogP contribution in [0.15, 0.2) is 71.7 Å². The van der Waals surface area contributed by atoms with Gasteiger partial charge in [-0.2, -0.15) is 4.98 Å². The van der Waals surface area contributed by atoms with Crippen molar-refractivity contribution in [3.05, 3.63) is 78.7 Å². The monoisotopic (exact) mass is 358 g/mol. The zero-order chi connectivity index (χ0) is 18.5. The zero-order valence-corrected chi connectivity index (χ0v) is 14.8. The van der Waals surface area contributed by atoms with Crippen molar-refractivity contribution >= 4 is 17.5 Å². The highest BCUT2D eigenvalue weighted by Gasteiger charge is 2.05. The van der Waals surface area contributed by atoms with Gasteiger partial charge in [-0.15, -0.1) is 0 Å². The molecule has 27 heavy (non-hydrogen) atoms. The van der Waals surface area contributed by atoms with Crippen molar-refractivity contribution in [2.45, 2.75) is 13.5 Å². The Morgan fingerprint density at radius 1 is 1.04 bits per heavy atom. The van der Waals surface area contributed by atoms with E-state index in [0.29, 0.717) is 12.5 Å². The number of nitrogens with zero attached hydrogens (tertiary/aromatic N) is 4. The first-order chi connectivity index (χ1) is 13.3. The molecule has 7 nitrogen and oxygen atoms in total. The van der Waals surface area contributed by atoms with Crippen LogP contribution in [0.4, 0.5) is 17.5 Å². The number of aromatic nitrogens is 4. The van der Waals surface area contributed by atoms with Crippen molar-refractivity contribution in [1.82, 2.24) is 19.9 Å². The molecule has 2 N–H and O–H groups in total. The van der Waals surface area contributed by atoms with Gasteiger partial charge >= 0.3 is 0 Å². The summed E-state index contributed by atoms with van der Waals surface area (Å²) in [7, 11) is 0. The van der Waals surface area contributed by atoms with Crippen LogP contribution in [0.25, 0.3) is 11.3 Å². The molecule has 0 aliphatic heterocycles. The van der Waals surface area contributed by atoms with Crippen LogP contribution >= 0.6 is 0 Å². The Bertz CT molecular complexity index is 1000. The fraction of sp³-hybridized carbons (Fsp3) is 0.100. The Morgan fingerprint density at radius 2 is 1.93 bits per heavy atom. The lowest BCUT2D eigenvalue weighted by Gasteiger charge is -2.10. The van der Waals surface area contributed by atoms with Crippen molar-refractivity contribution in [3.63, 3.8) is 0 Å². The third-order valence-electron chi connectivity index (χ3n) is 3.89. The van der Waals surface area contributed by atoms with E-state index in [1.807, 2.05) is 55.5 Å². The van der Waals surface area contributed by atoms with Crippen LogP contribution in [-0.2, 0) is 6.54 Å². The van der Waals surface area contributed by atoms with E-state index in [-0.39, 0.29) is 0 Å². The average molecular weight is 358 g/mol. The lowest BCUT2D eigenvalue weighted by Crippen LogP contribution is -2.06. The molecule has 0 unspecified atom stereocenters. The van der Waals surface area contributed by atoms with Gasteiger partial charge in [0.2, 0.25) is 5.95 Å². The van der Waals surface area contributed by atoms with Crippen molar-refractivity contribution in [2.24, 2.45) is 0 Å². The van der Waals surface area contributed by atoms with Gasteiger partial charge in [-0.05, 0) is 43.3 Å². The van der Waals surface area contributed by atoms with Crippen LogP contribution in [0.1, 0.15) is 11.4 Å². The van der Waals surface area contributed by atoms with Crippen LogP contribution in [0.3, 0.4) is 0 Å². The van der Waals surface area contributed by atoms with Gasteiger partial charge in [0.1, 0.15) is 5.82 Å². The molecule has 4 rings (SSSR count). The Kier molecular flexibility index (Phi) is 4.74. The van der Waals surface area contributed by atoms with E-state index in [1.54, 1.807) is 12.4 Å².